The first-order valence-electron chi connectivity index (χ1n) is 6.03. The van der Waals surface area contributed by atoms with Gasteiger partial charge >= 0.3 is 0 Å². The van der Waals surface area contributed by atoms with E-state index < -0.39 is 0 Å². The molecule has 3 N–H and O–H groups in total. The third-order valence-corrected chi connectivity index (χ3v) is 3.66. The molecule has 0 aliphatic carbocycles. The summed E-state index contributed by atoms with van der Waals surface area (Å²) in [6, 6.07) is 11.4. The molecule has 5 nitrogen and oxygen atoms in total. The van der Waals surface area contributed by atoms with Crippen molar-refractivity contribution in [2.45, 2.75) is 6.92 Å². The van der Waals surface area contributed by atoms with Crippen molar-refractivity contribution in [2.75, 3.05) is 11.1 Å². The number of fused-ring (bicyclic) bond motifs is 1. The van der Waals surface area contributed by atoms with Crippen molar-refractivity contribution in [3.63, 3.8) is 0 Å². The highest BCUT2D eigenvalue weighted by molar-refractivity contribution is 7.15. The number of amides is 1. The van der Waals surface area contributed by atoms with Gasteiger partial charge < -0.3 is 5.73 Å². The number of anilines is 2. The van der Waals surface area contributed by atoms with E-state index in [4.69, 9.17) is 5.73 Å². The van der Waals surface area contributed by atoms with Gasteiger partial charge in [-0.1, -0.05) is 35.6 Å². The quantitative estimate of drug-likeness (QED) is 0.709. The number of rotatable bonds is 2. The van der Waals surface area contributed by atoms with Crippen LogP contribution in [-0.2, 0) is 0 Å². The Labute approximate surface area is 119 Å². The maximum Gasteiger partial charge on any atom is 0.259 e. The fourth-order valence-corrected chi connectivity index (χ4v) is 2.55. The Morgan fingerprint density at radius 3 is 2.55 bits per heavy atom. The number of nitrogens with zero attached hydrogens (tertiary/aromatic N) is 2. The molecule has 0 atom stereocenters. The second-order valence-corrected chi connectivity index (χ2v) is 5.55. The number of nitrogen functional groups attached to an aromatic ring is 1. The van der Waals surface area contributed by atoms with Crippen molar-refractivity contribution >= 4 is 38.8 Å². The summed E-state index contributed by atoms with van der Waals surface area (Å²) in [5.74, 6) is -0.274. The van der Waals surface area contributed by atoms with Crippen LogP contribution < -0.4 is 11.1 Å². The molecule has 0 unspecified atom stereocenters. The molecule has 0 radical (unpaired) electrons. The minimum Gasteiger partial charge on any atom is -0.398 e. The first kappa shape index (κ1) is 12.6. The van der Waals surface area contributed by atoms with Crippen LogP contribution in [0.25, 0.3) is 10.8 Å². The van der Waals surface area contributed by atoms with E-state index in [-0.39, 0.29) is 5.91 Å². The molecule has 0 aliphatic rings. The molecule has 0 aliphatic heterocycles. The number of carbonyl (C=O) groups is 1. The maximum absolute atomic E-state index is 12.2. The Morgan fingerprint density at radius 1 is 1.20 bits per heavy atom. The lowest BCUT2D eigenvalue weighted by molar-refractivity contribution is 0.102. The molecule has 0 fully saturated rings. The van der Waals surface area contributed by atoms with Gasteiger partial charge in [0, 0.05) is 5.69 Å². The lowest BCUT2D eigenvalue weighted by Gasteiger charge is -2.07. The summed E-state index contributed by atoms with van der Waals surface area (Å²) in [7, 11) is 0. The van der Waals surface area contributed by atoms with Crippen molar-refractivity contribution < 1.29 is 4.79 Å². The zero-order valence-electron chi connectivity index (χ0n) is 10.8. The van der Waals surface area contributed by atoms with Gasteiger partial charge in [-0.2, -0.15) is 0 Å². The van der Waals surface area contributed by atoms with E-state index >= 15 is 0 Å². The Balaban J connectivity index is 1.96. The molecule has 0 saturated heterocycles. The SMILES string of the molecule is Cc1nnc(NC(=O)c2cc3ccccc3cc2N)s1. The van der Waals surface area contributed by atoms with Crippen molar-refractivity contribution in [3.05, 3.63) is 47.0 Å². The number of hydrogen-bond acceptors (Lipinski definition) is 5. The first-order valence-corrected chi connectivity index (χ1v) is 6.85. The second-order valence-electron chi connectivity index (χ2n) is 4.37. The third kappa shape index (κ3) is 2.33. The van der Waals surface area contributed by atoms with Crippen LogP contribution in [-0.4, -0.2) is 16.1 Å². The van der Waals surface area contributed by atoms with Crippen LogP contribution >= 0.6 is 11.3 Å². The molecule has 20 heavy (non-hydrogen) atoms. The molecular formula is C14H12N4OS. The third-order valence-electron chi connectivity index (χ3n) is 2.91. The maximum atomic E-state index is 12.2. The molecule has 3 rings (SSSR count). The van der Waals surface area contributed by atoms with Crippen molar-refractivity contribution in [1.29, 1.82) is 0 Å². The molecule has 0 spiro atoms. The van der Waals surface area contributed by atoms with E-state index in [2.05, 4.69) is 15.5 Å². The molecule has 2 aromatic carbocycles. The van der Waals surface area contributed by atoms with Gasteiger partial charge in [0.25, 0.3) is 5.91 Å². The molecule has 1 heterocycles. The molecule has 0 bridgehead atoms. The van der Waals surface area contributed by atoms with E-state index in [1.807, 2.05) is 31.2 Å². The fourth-order valence-electron chi connectivity index (χ4n) is 1.97. The molecular weight excluding hydrogens is 272 g/mol. The molecule has 100 valence electrons. The lowest BCUT2D eigenvalue weighted by Crippen LogP contribution is -2.14. The number of benzene rings is 2. The Kier molecular flexibility index (Phi) is 3.08. The Hall–Kier alpha value is -2.47. The number of nitrogens with one attached hydrogen (secondary N) is 1. The van der Waals surface area contributed by atoms with E-state index in [1.54, 1.807) is 12.1 Å². The van der Waals surface area contributed by atoms with Gasteiger partial charge in [0.1, 0.15) is 5.01 Å². The predicted octanol–water partition coefficient (Wildman–Crippen LogP) is 2.83. The summed E-state index contributed by atoms with van der Waals surface area (Å²) in [4.78, 5) is 12.2. The minimum absolute atomic E-state index is 0.274. The summed E-state index contributed by atoms with van der Waals surface area (Å²) in [6.07, 6.45) is 0. The summed E-state index contributed by atoms with van der Waals surface area (Å²) < 4.78 is 0. The molecule has 1 amide bonds. The average molecular weight is 284 g/mol. The molecule has 6 heteroatoms. The van der Waals surface area contributed by atoms with E-state index in [1.165, 1.54) is 11.3 Å². The normalized spacial score (nSPS) is 10.7. The van der Waals surface area contributed by atoms with Crippen LogP contribution in [0.4, 0.5) is 10.8 Å². The molecule has 1 aromatic heterocycles. The van der Waals surface area contributed by atoms with Gasteiger partial charge in [0.05, 0.1) is 5.56 Å². The summed E-state index contributed by atoms with van der Waals surface area (Å²) >= 11 is 1.33. The lowest BCUT2D eigenvalue weighted by atomic mass is 10.0. The van der Waals surface area contributed by atoms with Gasteiger partial charge in [0.2, 0.25) is 5.13 Å². The largest absolute Gasteiger partial charge is 0.398 e. The Morgan fingerprint density at radius 2 is 1.90 bits per heavy atom. The number of nitrogens with two attached hydrogens (primary N) is 1. The summed E-state index contributed by atoms with van der Waals surface area (Å²) in [6.45, 7) is 1.83. The molecule has 0 saturated carbocycles. The van der Waals surface area contributed by atoms with Crippen LogP contribution in [0.1, 0.15) is 15.4 Å². The second kappa shape index (κ2) is 4.90. The standard InChI is InChI=1S/C14H12N4OS/c1-8-17-18-14(20-8)16-13(19)11-6-9-4-2-3-5-10(9)7-12(11)15/h2-7H,15H2,1H3,(H,16,18,19). The predicted molar refractivity (Wildman–Crippen MR) is 81.0 cm³/mol. The fraction of sp³-hybridized carbons (Fsp3) is 0.0714. The van der Waals surface area contributed by atoms with Crippen molar-refractivity contribution in [3.8, 4) is 0 Å². The zero-order valence-corrected chi connectivity index (χ0v) is 11.6. The number of aromatic nitrogens is 2. The highest BCUT2D eigenvalue weighted by Crippen LogP contribution is 2.23. The van der Waals surface area contributed by atoms with E-state index in [0.717, 1.165) is 15.8 Å². The number of carbonyl (C=O) groups excluding carboxylic acids is 1. The summed E-state index contributed by atoms with van der Waals surface area (Å²) in [5.41, 5.74) is 6.84. The number of hydrogen-bond donors (Lipinski definition) is 2. The topological polar surface area (TPSA) is 80.9 Å². The van der Waals surface area contributed by atoms with Crippen LogP contribution in [0.2, 0.25) is 0 Å². The van der Waals surface area contributed by atoms with Gasteiger partial charge in [-0.3, -0.25) is 10.1 Å². The van der Waals surface area contributed by atoms with Crippen molar-refractivity contribution in [1.82, 2.24) is 10.2 Å². The Bertz CT molecular complexity index is 797. The van der Waals surface area contributed by atoms with Gasteiger partial charge in [-0.25, -0.2) is 0 Å². The van der Waals surface area contributed by atoms with Crippen LogP contribution in [0.15, 0.2) is 36.4 Å². The first-order chi connectivity index (χ1) is 9.63. The van der Waals surface area contributed by atoms with Crippen molar-refractivity contribution in [2.24, 2.45) is 0 Å². The monoisotopic (exact) mass is 284 g/mol. The van der Waals surface area contributed by atoms with Gasteiger partial charge in [-0.15, -0.1) is 10.2 Å². The average Bonchev–Trinajstić information content (AvgIpc) is 2.83. The van der Waals surface area contributed by atoms with E-state index in [9.17, 15) is 4.79 Å². The highest BCUT2D eigenvalue weighted by Gasteiger charge is 2.13. The van der Waals surface area contributed by atoms with Gasteiger partial charge in [-0.05, 0) is 29.8 Å². The van der Waals surface area contributed by atoms with Crippen LogP contribution in [0.5, 0.6) is 0 Å². The highest BCUT2D eigenvalue weighted by atomic mass is 32.1. The van der Waals surface area contributed by atoms with Crippen LogP contribution in [0, 0.1) is 6.92 Å². The summed E-state index contributed by atoms with van der Waals surface area (Å²) in [5, 5.41) is 13.7. The molecule has 3 aromatic rings. The van der Waals surface area contributed by atoms with Gasteiger partial charge in [0.15, 0.2) is 0 Å². The number of aryl methyl sites for hydroxylation is 1. The smallest absolute Gasteiger partial charge is 0.259 e. The zero-order chi connectivity index (χ0) is 14.1. The van der Waals surface area contributed by atoms with Crippen LogP contribution in [0.3, 0.4) is 0 Å². The van der Waals surface area contributed by atoms with E-state index in [0.29, 0.717) is 16.4 Å². The minimum atomic E-state index is -0.274.